The lowest BCUT2D eigenvalue weighted by Crippen LogP contribution is -2.42. The Hall–Kier alpha value is -1.88. The zero-order valence-corrected chi connectivity index (χ0v) is 13.5. The Kier molecular flexibility index (Phi) is 5.28. The van der Waals surface area contributed by atoms with Crippen molar-refractivity contribution in [1.29, 1.82) is 0 Å². The van der Waals surface area contributed by atoms with Gasteiger partial charge in [-0.1, -0.05) is 41.9 Å². The van der Waals surface area contributed by atoms with Crippen LogP contribution in [0.1, 0.15) is 11.7 Å². The fourth-order valence-electron chi connectivity index (χ4n) is 2.65. The summed E-state index contributed by atoms with van der Waals surface area (Å²) in [6, 6.07) is 17.2. The van der Waals surface area contributed by atoms with Gasteiger partial charge in [-0.2, -0.15) is 0 Å². The lowest BCUT2D eigenvalue weighted by molar-refractivity contribution is -0.119. The van der Waals surface area contributed by atoms with Gasteiger partial charge in [0.15, 0.2) is 0 Å². The summed E-state index contributed by atoms with van der Waals surface area (Å²) < 4.78 is 5.82. The highest BCUT2D eigenvalue weighted by Gasteiger charge is 2.23. The first-order valence-corrected chi connectivity index (χ1v) is 8.03. The summed E-state index contributed by atoms with van der Waals surface area (Å²) in [6.07, 6.45) is -0.0226. The van der Waals surface area contributed by atoms with Crippen molar-refractivity contribution in [3.8, 4) is 0 Å². The Labute approximate surface area is 141 Å². The van der Waals surface area contributed by atoms with Crippen LogP contribution < -0.4 is 5.32 Å². The van der Waals surface area contributed by atoms with Crippen LogP contribution in [-0.2, 0) is 9.53 Å². The molecule has 23 heavy (non-hydrogen) atoms. The Morgan fingerprint density at radius 3 is 2.65 bits per heavy atom. The van der Waals surface area contributed by atoms with Crippen LogP contribution in [0.25, 0.3) is 0 Å². The van der Waals surface area contributed by atoms with E-state index in [1.165, 1.54) is 0 Å². The predicted molar refractivity (Wildman–Crippen MR) is 91.7 cm³/mol. The van der Waals surface area contributed by atoms with Gasteiger partial charge in [0.05, 0.1) is 19.3 Å². The summed E-state index contributed by atoms with van der Waals surface area (Å²) in [4.78, 5) is 14.3. The van der Waals surface area contributed by atoms with Crippen molar-refractivity contribution in [2.24, 2.45) is 0 Å². The molecule has 1 aliphatic heterocycles. The number of ether oxygens (including phenoxy) is 1. The number of carbonyl (C=O) groups excluding carboxylic acids is 1. The number of benzene rings is 2. The van der Waals surface area contributed by atoms with Crippen molar-refractivity contribution < 1.29 is 9.53 Å². The number of hydrogen-bond acceptors (Lipinski definition) is 3. The molecule has 0 radical (unpaired) electrons. The number of morpholine rings is 1. The highest BCUT2D eigenvalue weighted by Crippen LogP contribution is 2.23. The number of nitrogens with zero attached hydrogens (tertiary/aromatic N) is 1. The molecule has 1 atom stereocenters. The normalized spacial score (nSPS) is 18.6. The molecule has 1 fully saturated rings. The lowest BCUT2D eigenvalue weighted by atomic mass is 10.1. The molecule has 0 spiro atoms. The molecule has 0 aliphatic carbocycles. The highest BCUT2D eigenvalue weighted by molar-refractivity contribution is 6.30. The average molecular weight is 331 g/mol. The quantitative estimate of drug-likeness (QED) is 0.934. The van der Waals surface area contributed by atoms with Gasteiger partial charge in [-0.05, 0) is 29.8 Å². The minimum Gasteiger partial charge on any atom is -0.371 e. The molecular weight excluding hydrogens is 312 g/mol. The summed E-state index contributed by atoms with van der Waals surface area (Å²) in [5.74, 6) is -0.00652. The van der Waals surface area contributed by atoms with Gasteiger partial charge in [0.25, 0.3) is 0 Å². The number of hydrogen-bond donors (Lipinski definition) is 1. The zero-order valence-electron chi connectivity index (χ0n) is 12.7. The van der Waals surface area contributed by atoms with E-state index in [1.54, 1.807) is 0 Å². The molecule has 0 bridgehead atoms. The predicted octanol–water partition coefficient (Wildman–Crippen LogP) is 3.35. The van der Waals surface area contributed by atoms with Crippen molar-refractivity contribution in [1.82, 2.24) is 4.90 Å². The number of amides is 1. The third-order valence-corrected chi connectivity index (χ3v) is 4.07. The molecule has 1 heterocycles. The summed E-state index contributed by atoms with van der Waals surface area (Å²) in [7, 11) is 0. The van der Waals surface area contributed by atoms with Crippen LogP contribution in [0.5, 0.6) is 0 Å². The van der Waals surface area contributed by atoms with E-state index in [0.29, 0.717) is 24.7 Å². The molecule has 1 amide bonds. The summed E-state index contributed by atoms with van der Waals surface area (Å²) in [5, 5.41) is 3.62. The maximum absolute atomic E-state index is 12.2. The second-order valence-corrected chi connectivity index (χ2v) is 6.00. The van der Waals surface area contributed by atoms with Crippen molar-refractivity contribution in [2.45, 2.75) is 6.10 Å². The number of carbonyl (C=O) groups is 1. The maximum atomic E-state index is 12.2. The van der Waals surface area contributed by atoms with E-state index in [2.05, 4.69) is 10.2 Å². The Morgan fingerprint density at radius 2 is 1.91 bits per heavy atom. The third-order valence-electron chi connectivity index (χ3n) is 3.82. The first-order valence-electron chi connectivity index (χ1n) is 7.65. The van der Waals surface area contributed by atoms with E-state index in [0.717, 1.165) is 17.8 Å². The lowest BCUT2D eigenvalue weighted by Gasteiger charge is -2.32. The molecule has 1 aliphatic rings. The minimum absolute atomic E-state index is 0.00652. The largest absolute Gasteiger partial charge is 0.371 e. The number of nitrogens with one attached hydrogen (secondary N) is 1. The molecule has 3 rings (SSSR count). The van der Waals surface area contributed by atoms with Crippen LogP contribution in [0.3, 0.4) is 0 Å². The van der Waals surface area contributed by atoms with Gasteiger partial charge >= 0.3 is 0 Å². The van der Waals surface area contributed by atoms with Gasteiger partial charge in [-0.3, -0.25) is 9.69 Å². The minimum atomic E-state index is -0.0226. The molecule has 120 valence electrons. The molecule has 1 saturated heterocycles. The van der Waals surface area contributed by atoms with Gasteiger partial charge in [0.1, 0.15) is 0 Å². The first-order chi connectivity index (χ1) is 11.2. The first kappa shape index (κ1) is 16.0. The molecule has 2 aromatic rings. The van der Waals surface area contributed by atoms with Gasteiger partial charge in [0.2, 0.25) is 5.91 Å². The van der Waals surface area contributed by atoms with Gasteiger partial charge in [-0.25, -0.2) is 0 Å². The summed E-state index contributed by atoms with van der Waals surface area (Å²) in [5.41, 5.74) is 1.91. The fourth-order valence-corrected chi connectivity index (χ4v) is 2.78. The average Bonchev–Trinajstić information content (AvgIpc) is 2.56. The van der Waals surface area contributed by atoms with Crippen LogP contribution in [0, 0.1) is 0 Å². The molecule has 0 saturated carbocycles. The number of anilines is 1. The van der Waals surface area contributed by atoms with Crippen molar-refractivity contribution in [3.63, 3.8) is 0 Å². The van der Waals surface area contributed by atoms with Crippen molar-refractivity contribution in [3.05, 3.63) is 65.2 Å². The summed E-state index contributed by atoms with van der Waals surface area (Å²) >= 11 is 5.92. The molecule has 1 N–H and O–H groups in total. The van der Waals surface area contributed by atoms with Gasteiger partial charge < -0.3 is 10.1 Å². The molecule has 4 nitrogen and oxygen atoms in total. The topological polar surface area (TPSA) is 41.6 Å². The molecule has 2 aromatic carbocycles. The van der Waals surface area contributed by atoms with Gasteiger partial charge in [0, 0.05) is 23.8 Å². The number of para-hydroxylation sites is 1. The maximum Gasteiger partial charge on any atom is 0.238 e. The fraction of sp³-hybridized carbons (Fsp3) is 0.278. The van der Waals surface area contributed by atoms with Crippen LogP contribution in [-0.4, -0.2) is 37.0 Å². The standard InChI is InChI=1S/C18H19ClN2O2/c19-15-8-6-14(7-9-15)17-12-21(10-11-23-17)13-18(22)20-16-4-2-1-3-5-16/h1-9,17H,10-13H2,(H,20,22). The Bertz CT molecular complexity index is 646. The van der Waals surface area contributed by atoms with Crippen LogP contribution in [0.4, 0.5) is 5.69 Å². The van der Waals surface area contributed by atoms with E-state index in [-0.39, 0.29) is 12.0 Å². The van der Waals surface area contributed by atoms with E-state index in [1.807, 2.05) is 54.6 Å². The van der Waals surface area contributed by atoms with Crippen LogP contribution >= 0.6 is 11.6 Å². The molecular formula is C18H19ClN2O2. The third kappa shape index (κ3) is 4.55. The smallest absolute Gasteiger partial charge is 0.238 e. The number of rotatable bonds is 4. The highest BCUT2D eigenvalue weighted by atomic mass is 35.5. The van der Waals surface area contributed by atoms with E-state index >= 15 is 0 Å². The van der Waals surface area contributed by atoms with Crippen LogP contribution in [0.15, 0.2) is 54.6 Å². The second-order valence-electron chi connectivity index (χ2n) is 5.56. The molecule has 1 unspecified atom stereocenters. The van der Waals surface area contributed by atoms with Crippen molar-refractivity contribution in [2.75, 3.05) is 31.6 Å². The number of halogens is 1. The molecule has 0 aromatic heterocycles. The van der Waals surface area contributed by atoms with Gasteiger partial charge in [-0.15, -0.1) is 0 Å². The summed E-state index contributed by atoms with van der Waals surface area (Å²) in [6.45, 7) is 2.43. The Balaban J connectivity index is 1.56. The SMILES string of the molecule is O=C(CN1CCOC(c2ccc(Cl)cc2)C1)Nc1ccccc1. The second kappa shape index (κ2) is 7.59. The van der Waals surface area contributed by atoms with Crippen LogP contribution in [0.2, 0.25) is 5.02 Å². The zero-order chi connectivity index (χ0) is 16.1. The van der Waals surface area contributed by atoms with E-state index in [4.69, 9.17) is 16.3 Å². The monoisotopic (exact) mass is 330 g/mol. The Morgan fingerprint density at radius 1 is 1.17 bits per heavy atom. The molecule has 5 heteroatoms. The van der Waals surface area contributed by atoms with E-state index < -0.39 is 0 Å². The van der Waals surface area contributed by atoms with E-state index in [9.17, 15) is 4.79 Å². The van der Waals surface area contributed by atoms with Crippen molar-refractivity contribution >= 4 is 23.2 Å².